The van der Waals surface area contributed by atoms with Crippen LogP contribution in [-0.2, 0) is 0 Å². The highest BCUT2D eigenvalue weighted by Crippen LogP contribution is 1.94. The zero-order chi connectivity index (χ0) is 8.53. The van der Waals surface area contributed by atoms with Gasteiger partial charge in [-0.25, -0.2) is 0 Å². The molecule has 0 aliphatic carbocycles. The van der Waals surface area contributed by atoms with Crippen LogP contribution in [0.5, 0.6) is 0 Å². The maximum Gasteiger partial charge on any atom is 0.0621 e. The van der Waals surface area contributed by atoms with Gasteiger partial charge in [0.25, 0.3) is 0 Å². The first-order chi connectivity index (χ1) is 5.27. The van der Waals surface area contributed by atoms with Gasteiger partial charge in [0.05, 0.1) is 6.07 Å². The molecule has 0 unspecified atom stereocenters. The van der Waals surface area contributed by atoms with Crippen molar-refractivity contribution in [3.05, 3.63) is 11.6 Å². The molecule has 0 aromatic heterocycles. The van der Waals surface area contributed by atoms with Gasteiger partial charge in [-0.05, 0) is 19.4 Å². The summed E-state index contributed by atoms with van der Waals surface area (Å²) in [4.78, 5) is 0. The second-order valence-corrected chi connectivity index (χ2v) is 2.84. The van der Waals surface area contributed by atoms with Gasteiger partial charge in [0, 0.05) is 18.0 Å². The standard InChI is InChI=1S/C8H13ClN2/c1-8(9)7-11-6-4-2-3-5-10/h11H,1-4,6-7H2. The molecule has 0 bridgehead atoms. The maximum atomic E-state index is 8.21. The molecule has 62 valence electrons. The molecule has 0 aliphatic rings. The summed E-state index contributed by atoms with van der Waals surface area (Å²) in [5, 5.41) is 11.9. The fourth-order valence-electron chi connectivity index (χ4n) is 0.678. The van der Waals surface area contributed by atoms with E-state index in [1.165, 1.54) is 0 Å². The molecule has 2 nitrogen and oxygen atoms in total. The number of rotatable bonds is 6. The average molecular weight is 173 g/mol. The fraction of sp³-hybridized carbons (Fsp3) is 0.625. The quantitative estimate of drug-likeness (QED) is 0.623. The molecule has 0 aliphatic heterocycles. The highest BCUT2D eigenvalue weighted by Gasteiger charge is 1.88. The Kier molecular flexibility index (Phi) is 7.23. The summed E-state index contributed by atoms with van der Waals surface area (Å²) in [5.74, 6) is 0. The van der Waals surface area contributed by atoms with Crippen molar-refractivity contribution in [1.29, 1.82) is 5.26 Å². The van der Waals surface area contributed by atoms with Gasteiger partial charge in [-0.1, -0.05) is 18.2 Å². The molecule has 1 N–H and O–H groups in total. The van der Waals surface area contributed by atoms with Gasteiger partial charge in [0.1, 0.15) is 0 Å². The van der Waals surface area contributed by atoms with E-state index in [0.717, 1.165) is 19.4 Å². The second-order valence-electron chi connectivity index (χ2n) is 2.31. The minimum Gasteiger partial charge on any atom is -0.312 e. The van der Waals surface area contributed by atoms with Crippen molar-refractivity contribution in [3.8, 4) is 6.07 Å². The third-order valence-electron chi connectivity index (χ3n) is 1.21. The molecule has 0 heterocycles. The van der Waals surface area contributed by atoms with Crippen LogP contribution in [0.2, 0.25) is 0 Å². The monoisotopic (exact) mass is 172 g/mol. The number of hydrogen-bond donors (Lipinski definition) is 1. The molecule has 0 saturated carbocycles. The molecule has 0 rings (SSSR count). The van der Waals surface area contributed by atoms with E-state index < -0.39 is 0 Å². The third-order valence-corrected chi connectivity index (χ3v) is 1.34. The molecular weight excluding hydrogens is 160 g/mol. The van der Waals surface area contributed by atoms with Crippen molar-refractivity contribution in [2.45, 2.75) is 19.3 Å². The van der Waals surface area contributed by atoms with Gasteiger partial charge in [-0.3, -0.25) is 0 Å². The number of nitrogens with one attached hydrogen (secondary N) is 1. The molecule has 0 fully saturated rings. The molecule has 0 atom stereocenters. The van der Waals surface area contributed by atoms with E-state index in [2.05, 4.69) is 18.0 Å². The van der Waals surface area contributed by atoms with E-state index in [1.807, 2.05) is 0 Å². The normalized spacial score (nSPS) is 9.09. The lowest BCUT2D eigenvalue weighted by Gasteiger charge is -2.00. The van der Waals surface area contributed by atoms with Gasteiger partial charge < -0.3 is 5.32 Å². The topological polar surface area (TPSA) is 35.8 Å². The molecule has 0 aromatic rings. The summed E-state index contributed by atoms with van der Waals surface area (Å²) in [6, 6.07) is 2.10. The van der Waals surface area contributed by atoms with Crippen molar-refractivity contribution in [1.82, 2.24) is 5.32 Å². The summed E-state index contributed by atoms with van der Waals surface area (Å²) in [7, 11) is 0. The van der Waals surface area contributed by atoms with Crippen LogP contribution in [0, 0.1) is 11.3 Å². The van der Waals surface area contributed by atoms with Gasteiger partial charge in [-0.15, -0.1) is 0 Å². The van der Waals surface area contributed by atoms with E-state index in [9.17, 15) is 0 Å². The summed E-state index contributed by atoms with van der Waals surface area (Å²) >= 11 is 5.51. The Morgan fingerprint density at radius 2 is 2.27 bits per heavy atom. The zero-order valence-electron chi connectivity index (χ0n) is 6.57. The molecule has 0 saturated heterocycles. The zero-order valence-corrected chi connectivity index (χ0v) is 7.32. The predicted molar refractivity (Wildman–Crippen MR) is 47.3 cm³/mol. The van der Waals surface area contributed by atoms with E-state index in [-0.39, 0.29) is 0 Å². The minimum atomic E-state index is 0.630. The maximum absolute atomic E-state index is 8.21. The first kappa shape index (κ1) is 10.5. The van der Waals surface area contributed by atoms with Crippen molar-refractivity contribution < 1.29 is 0 Å². The van der Waals surface area contributed by atoms with Crippen LogP contribution in [0.1, 0.15) is 19.3 Å². The van der Waals surface area contributed by atoms with Crippen molar-refractivity contribution in [2.24, 2.45) is 0 Å². The molecule has 0 spiro atoms. The Morgan fingerprint density at radius 3 is 2.82 bits per heavy atom. The van der Waals surface area contributed by atoms with Crippen LogP contribution in [0.4, 0.5) is 0 Å². The van der Waals surface area contributed by atoms with Crippen molar-refractivity contribution >= 4 is 11.6 Å². The lowest BCUT2D eigenvalue weighted by Crippen LogP contribution is -2.16. The Balaban J connectivity index is 2.92. The van der Waals surface area contributed by atoms with Crippen LogP contribution in [0.15, 0.2) is 11.6 Å². The molecule has 0 radical (unpaired) electrons. The first-order valence-electron chi connectivity index (χ1n) is 3.68. The van der Waals surface area contributed by atoms with Crippen molar-refractivity contribution in [3.63, 3.8) is 0 Å². The summed E-state index contributed by atoms with van der Waals surface area (Å²) in [5.41, 5.74) is 0. The largest absolute Gasteiger partial charge is 0.312 e. The van der Waals surface area contributed by atoms with Crippen LogP contribution >= 0.6 is 11.6 Å². The lowest BCUT2D eigenvalue weighted by molar-refractivity contribution is 0.661. The van der Waals surface area contributed by atoms with E-state index in [4.69, 9.17) is 16.9 Å². The SMILES string of the molecule is C=C(Cl)CNCCCCC#N. The Morgan fingerprint density at radius 1 is 1.55 bits per heavy atom. The molecule has 0 aromatic carbocycles. The number of nitriles is 1. The van der Waals surface area contributed by atoms with Crippen LogP contribution in [-0.4, -0.2) is 13.1 Å². The number of hydrogen-bond acceptors (Lipinski definition) is 2. The number of unbranched alkanes of at least 4 members (excludes halogenated alkanes) is 2. The van der Waals surface area contributed by atoms with E-state index >= 15 is 0 Å². The first-order valence-corrected chi connectivity index (χ1v) is 4.06. The van der Waals surface area contributed by atoms with Crippen molar-refractivity contribution in [2.75, 3.05) is 13.1 Å². The summed E-state index contributed by atoms with van der Waals surface area (Å²) in [6.07, 6.45) is 2.62. The highest BCUT2D eigenvalue weighted by atomic mass is 35.5. The Labute approximate surface area is 72.8 Å². The Hall–Kier alpha value is -0.520. The van der Waals surface area contributed by atoms with Gasteiger partial charge in [0.2, 0.25) is 0 Å². The van der Waals surface area contributed by atoms with Gasteiger partial charge in [-0.2, -0.15) is 5.26 Å². The van der Waals surface area contributed by atoms with Crippen LogP contribution in [0.3, 0.4) is 0 Å². The van der Waals surface area contributed by atoms with E-state index in [1.54, 1.807) is 0 Å². The van der Waals surface area contributed by atoms with E-state index in [0.29, 0.717) is 18.0 Å². The fourth-order valence-corrected chi connectivity index (χ4v) is 0.773. The average Bonchev–Trinajstić information content (AvgIpc) is 1.96. The summed E-state index contributed by atoms with van der Waals surface area (Å²) in [6.45, 7) is 5.11. The number of halogens is 1. The highest BCUT2D eigenvalue weighted by molar-refractivity contribution is 6.29. The molecular formula is C8H13ClN2. The molecule has 11 heavy (non-hydrogen) atoms. The van der Waals surface area contributed by atoms with Gasteiger partial charge in [0.15, 0.2) is 0 Å². The molecule has 3 heteroatoms. The molecule has 0 amide bonds. The smallest absolute Gasteiger partial charge is 0.0621 e. The third kappa shape index (κ3) is 9.48. The lowest BCUT2D eigenvalue weighted by atomic mass is 10.2. The number of nitrogens with zero attached hydrogens (tertiary/aromatic N) is 1. The minimum absolute atomic E-state index is 0.630. The summed E-state index contributed by atoms with van der Waals surface area (Å²) < 4.78 is 0. The Bertz CT molecular complexity index is 149. The van der Waals surface area contributed by atoms with Gasteiger partial charge >= 0.3 is 0 Å². The second kappa shape index (κ2) is 7.59. The predicted octanol–water partition coefficient (Wildman–Crippen LogP) is 2.02. The van der Waals surface area contributed by atoms with Crippen LogP contribution < -0.4 is 5.32 Å². The van der Waals surface area contributed by atoms with Crippen LogP contribution in [0.25, 0.3) is 0 Å².